The van der Waals surface area contributed by atoms with Gasteiger partial charge in [-0.3, -0.25) is 4.79 Å². The minimum Gasteiger partial charge on any atom is -0.363 e. The van der Waals surface area contributed by atoms with Crippen LogP contribution in [0.2, 0.25) is 5.02 Å². The van der Waals surface area contributed by atoms with Crippen molar-refractivity contribution < 1.29 is 8.78 Å². The summed E-state index contributed by atoms with van der Waals surface area (Å²) >= 11 is 5.45. The first-order chi connectivity index (χ1) is 5.54. The molecule has 0 spiro atoms. The first-order valence-electron chi connectivity index (χ1n) is 3.20. The van der Waals surface area contributed by atoms with Gasteiger partial charge in [0.25, 0.3) is 6.43 Å². The van der Waals surface area contributed by atoms with E-state index >= 15 is 0 Å². The number of aryl methyl sites for hydroxylation is 1. The van der Waals surface area contributed by atoms with Gasteiger partial charge in [0.1, 0.15) is 5.02 Å². The molecule has 0 saturated heterocycles. The van der Waals surface area contributed by atoms with Crippen molar-refractivity contribution in [1.82, 2.24) is 4.98 Å². The van der Waals surface area contributed by atoms with E-state index in [4.69, 9.17) is 11.6 Å². The van der Waals surface area contributed by atoms with E-state index < -0.39 is 17.4 Å². The summed E-state index contributed by atoms with van der Waals surface area (Å²) in [5.74, 6) is 0. The van der Waals surface area contributed by atoms with Gasteiger partial charge in [-0.2, -0.15) is 0 Å². The smallest absolute Gasteiger partial charge is 0.269 e. The largest absolute Gasteiger partial charge is 0.363 e. The molecule has 12 heavy (non-hydrogen) atoms. The average molecular weight is 194 g/mol. The van der Waals surface area contributed by atoms with E-state index in [2.05, 4.69) is 4.98 Å². The number of hydrogen-bond donors (Lipinski definition) is 1. The Labute approximate surface area is 72.2 Å². The molecule has 0 aromatic carbocycles. The van der Waals surface area contributed by atoms with Crippen LogP contribution in [0.25, 0.3) is 0 Å². The number of halogens is 3. The second-order valence-corrected chi connectivity index (χ2v) is 2.69. The van der Waals surface area contributed by atoms with Crippen molar-refractivity contribution in [3.05, 3.63) is 32.7 Å². The van der Waals surface area contributed by atoms with E-state index in [0.29, 0.717) is 5.69 Å². The third kappa shape index (κ3) is 1.48. The molecule has 0 aliphatic rings. The van der Waals surface area contributed by atoms with Crippen molar-refractivity contribution >= 4 is 11.6 Å². The van der Waals surface area contributed by atoms with Crippen LogP contribution in [0.4, 0.5) is 8.78 Å². The fourth-order valence-corrected chi connectivity index (χ4v) is 0.938. The molecule has 1 rings (SSSR count). The van der Waals surface area contributed by atoms with Crippen LogP contribution in [0, 0.1) is 6.92 Å². The number of nitrogens with one attached hydrogen (secondary N) is 1. The summed E-state index contributed by atoms with van der Waals surface area (Å²) in [7, 11) is 0. The van der Waals surface area contributed by atoms with Gasteiger partial charge >= 0.3 is 0 Å². The number of H-pyrrole nitrogens is 1. The van der Waals surface area contributed by atoms with Gasteiger partial charge in [-0.1, -0.05) is 11.6 Å². The Bertz CT molecular complexity index is 348. The molecular weight excluding hydrogens is 188 g/mol. The molecule has 1 aromatic heterocycles. The molecule has 0 radical (unpaired) electrons. The standard InChI is InChI=1S/C7H6ClF2NO/c1-3-5(8)6(12)4(2-11-3)7(9)10/h2,7H,1H3,(H,11,12). The summed E-state index contributed by atoms with van der Waals surface area (Å²) in [6.07, 6.45) is -1.80. The van der Waals surface area contributed by atoms with Crippen molar-refractivity contribution in [2.24, 2.45) is 0 Å². The van der Waals surface area contributed by atoms with Gasteiger partial charge in [0.15, 0.2) is 0 Å². The van der Waals surface area contributed by atoms with Crippen LogP contribution in [0.3, 0.4) is 0 Å². The lowest BCUT2D eigenvalue weighted by Gasteiger charge is -2.01. The molecule has 0 bridgehead atoms. The Morgan fingerprint density at radius 3 is 2.67 bits per heavy atom. The predicted octanol–water partition coefficient (Wildman–Crippen LogP) is 2.27. The predicted molar refractivity (Wildman–Crippen MR) is 41.8 cm³/mol. The van der Waals surface area contributed by atoms with E-state index in [9.17, 15) is 13.6 Å². The molecule has 66 valence electrons. The maximum Gasteiger partial charge on any atom is 0.269 e. The molecule has 0 fully saturated rings. The topological polar surface area (TPSA) is 32.9 Å². The minimum atomic E-state index is -2.79. The summed E-state index contributed by atoms with van der Waals surface area (Å²) in [5.41, 5.74) is -1.00. The molecule has 0 amide bonds. The number of hydrogen-bond acceptors (Lipinski definition) is 1. The molecule has 1 heterocycles. The lowest BCUT2D eigenvalue weighted by atomic mass is 10.2. The first-order valence-corrected chi connectivity index (χ1v) is 3.57. The molecule has 1 N–H and O–H groups in total. The lowest BCUT2D eigenvalue weighted by molar-refractivity contribution is 0.149. The third-order valence-corrected chi connectivity index (χ3v) is 1.93. The van der Waals surface area contributed by atoms with Gasteiger partial charge in [-0.25, -0.2) is 8.78 Å². The summed E-state index contributed by atoms with van der Waals surface area (Å²) < 4.78 is 24.1. The number of rotatable bonds is 1. The third-order valence-electron chi connectivity index (χ3n) is 1.47. The van der Waals surface area contributed by atoms with Crippen LogP contribution in [-0.4, -0.2) is 4.98 Å². The normalized spacial score (nSPS) is 10.8. The Balaban J connectivity index is 3.37. The molecule has 1 aromatic rings. The van der Waals surface area contributed by atoms with Crippen molar-refractivity contribution in [3.8, 4) is 0 Å². The van der Waals surface area contributed by atoms with Gasteiger partial charge in [0, 0.05) is 11.9 Å². The molecule has 0 unspecified atom stereocenters. The fourth-order valence-electron chi connectivity index (χ4n) is 0.774. The molecule has 0 aliphatic heterocycles. The van der Waals surface area contributed by atoms with E-state index in [1.807, 2.05) is 0 Å². The quantitative estimate of drug-likeness (QED) is 0.729. The summed E-state index contributed by atoms with van der Waals surface area (Å²) in [6, 6.07) is 0. The van der Waals surface area contributed by atoms with Crippen LogP contribution in [0.15, 0.2) is 11.0 Å². The van der Waals surface area contributed by atoms with Gasteiger partial charge in [0.2, 0.25) is 5.43 Å². The highest BCUT2D eigenvalue weighted by atomic mass is 35.5. The summed E-state index contributed by atoms with van der Waals surface area (Å²) in [5, 5.41) is -0.173. The molecular formula is C7H6ClF2NO. The van der Waals surface area contributed by atoms with Crippen LogP contribution in [0.1, 0.15) is 17.7 Å². The Hall–Kier alpha value is -0.900. The van der Waals surface area contributed by atoms with Crippen LogP contribution < -0.4 is 5.43 Å². The van der Waals surface area contributed by atoms with Crippen molar-refractivity contribution in [2.45, 2.75) is 13.3 Å². The van der Waals surface area contributed by atoms with Gasteiger partial charge in [0.05, 0.1) is 5.56 Å². The van der Waals surface area contributed by atoms with Crippen LogP contribution >= 0.6 is 11.6 Å². The highest BCUT2D eigenvalue weighted by Gasteiger charge is 2.14. The second kappa shape index (κ2) is 3.23. The number of alkyl halides is 2. The lowest BCUT2D eigenvalue weighted by Crippen LogP contribution is -2.11. The summed E-state index contributed by atoms with van der Waals surface area (Å²) in [6.45, 7) is 1.54. The first kappa shape index (κ1) is 9.19. The summed E-state index contributed by atoms with van der Waals surface area (Å²) in [4.78, 5) is 13.5. The highest BCUT2D eigenvalue weighted by molar-refractivity contribution is 6.31. The minimum absolute atomic E-state index is 0.173. The zero-order valence-corrected chi connectivity index (χ0v) is 6.95. The van der Waals surface area contributed by atoms with Crippen molar-refractivity contribution in [1.29, 1.82) is 0 Å². The van der Waals surface area contributed by atoms with Crippen molar-refractivity contribution in [2.75, 3.05) is 0 Å². The van der Waals surface area contributed by atoms with Crippen LogP contribution in [0.5, 0.6) is 0 Å². The molecule has 0 aliphatic carbocycles. The monoisotopic (exact) mass is 193 g/mol. The molecule has 0 saturated carbocycles. The number of pyridine rings is 1. The zero-order chi connectivity index (χ0) is 9.30. The highest BCUT2D eigenvalue weighted by Crippen LogP contribution is 2.16. The van der Waals surface area contributed by atoms with Crippen LogP contribution in [-0.2, 0) is 0 Å². The van der Waals surface area contributed by atoms with Crippen molar-refractivity contribution in [3.63, 3.8) is 0 Å². The van der Waals surface area contributed by atoms with E-state index in [-0.39, 0.29) is 5.02 Å². The maximum absolute atomic E-state index is 12.1. The zero-order valence-electron chi connectivity index (χ0n) is 6.20. The van der Waals surface area contributed by atoms with E-state index in [1.54, 1.807) is 6.92 Å². The molecule has 2 nitrogen and oxygen atoms in total. The average Bonchev–Trinajstić information content (AvgIpc) is 2.00. The molecule has 0 atom stereocenters. The second-order valence-electron chi connectivity index (χ2n) is 2.31. The van der Waals surface area contributed by atoms with Gasteiger partial charge < -0.3 is 4.98 Å². The molecule has 5 heteroatoms. The SMILES string of the molecule is Cc1[nH]cc(C(F)F)c(=O)c1Cl. The fraction of sp³-hybridized carbons (Fsp3) is 0.286. The Morgan fingerprint density at radius 1 is 1.58 bits per heavy atom. The van der Waals surface area contributed by atoms with Gasteiger partial charge in [-0.15, -0.1) is 0 Å². The van der Waals surface area contributed by atoms with E-state index in [0.717, 1.165) is 6.20 Å². The van der Waals surface area contributed by atoms with Gasteiger partial charge in [-0.05, 0) is 6.92 Å². The Kier molecular flexibility index (Phi) is 2.47. The number of aromatic nitrogens is 1. The van der Waals surface area contributed by atoms with E-state index in [1.165, 1.54) is 0 Å². The Morgan fingerprint density at radius 2 is 2.17 bits per heavy atom. The maximum atomic E-state index is 12.1. The number of aromatic amines is 1.